The van der Waals surface area contributed by atoms with E-state index in [1.165, 1.54) is 0 Å². The Bertz CT molecular complexity index is 320. The van der Waals surface area contributed by atoms with E-state index in [2.05, 4.69) is 11.0 Å². The van der Waals surface area contributed by atoms with Crippen molar-refractivity contribution < 1.29 is 9.90 Å². The Morgan fingerprint density at radius 2 is 2.22 bits per heavy atom. The number of unbranched alkanes of at least 4 members (excludes halogenated alkanes) is 1. The first-order chi connectivity index (χ1) is 8.44. The van der Waals surface area contributed by atoms with Crippen LogP contribution in [0.3, 0.4) is 0 Å². The predicted molar refractivity (Wildman–Crippen MR) is 70.1 cm³/mol. The Hall–Kier alpha value is -1.08. The Morgan fingerprint density at radius 1 is 1.50 bits per heavy atom. The third-order valence-corrected chi connectivity index (χ3v) is 3.71. The van der Waals surface area contributed by atoms with Crippen LogP contribution in [0, 0.1) is 16.7 Å². The molecule has 0 aromatic rings. The minimum atomic E-state index is -0.697. The SMILES string of the molecule is CC(C)(C#N)CCCCN1CCCC1CC(=O)O. The van der Waals surface area contributed by atoms with E-state index in [0.29, 0.717) is 0 Å². The van der Waals surface area contributed by atoms with E-state index >= 15 is 0 Å². The zero-order chi connectivity index (χ0) is 13.6. The Morgan fingerprint density at radius 3 is 2.83 bits per heavy atom. The average molecular weight is 252 g/mol. The molecule has 0 bridgehead atoms. The molecular formula is C14H24N2O2. The minimum absolute atomic E-state index is 0.228. The van der Waals surface area contributed by atoms with Crippen molar-refractivity contribution in [1.82, 2.24) is 4.90 Å². The van der Waals surface area contributed by atoms with E-state index in [4.69, 9.17) is 10.4 Å². The lowest BCUT2D eigenvalue weighted by Crippen LogP contribution is -2.32. The minimum Gasteiger partial charge on any atom is -0.481 e. The molecule has 1 heterocycles. The molecule has 1 unspecified atom stereocenters. The van der Waals surface area contributed by atoms with E-state index in [-0.39, 0.29) is 17.9 Å². The Labute approximate surface area is 110 Å². The third kappa shape index (κ3) is 5.05. The fraction of sp³-hybridized carbons (Fsp3) is 0.857. The highest BCUT2D eigenvalue weighted by atomic mass is 16.4. The van der Waals surface area contributed by atoms with E-state index in [1.54, 1.807) is 0 Å². The standard InChI is InChI=1S/C14H24N2O2/c1-14(2,11-15)7-3-4-8-16-9-5-6-12(16)10-13(17)18/h12H,3-10H2,1-2H3,(H,17,18). The largest absolute Gasteiger partial charge is 0.481 e. The van der Waals surface area contributed by atoms with Crippen LogP contribution in [0.15, 0.2) is 0 Å². The van der Waals surface area contributed by atoms with Crippen LogP contribution in [0.4, 0.5) is 0 Å². The predicted octanol–water partition coefficient (Wildman–Crippen LogP) is 2.65. The van der Waals surface area contributed by atoms with Crippen LogP contribution >= 0.6 is 0 Å². The van der Waals surface area contributed by atoms with Crippen LogP contribution < -0.4 is 0 Å². The summed E-state index contributed by atoms with van der Waals surface area (Å²) < 4.78 is 0. The van der Waals surface area contributed by atoms with Gasteiger partial charge in [-0.25, -0.2) is 0 Å². The lowest BCUT2D eigenvalue weighted by Gasteiger charge is -2.23. The Balaban J connectivity index is 2.23. The van der Waals surface area contributed by atoms with Gasteiger partial charge in [0.15, 0.2) is 0 Å². The lowest BCUT2D eigenvalue weighted by atomic mass is 9.89. The number of likely N-dealkylation sites (tertiary alicyclic amines) is 1. The number of carboxylic acid groups (broad SMARTS) is 1. The molecule has 1 saturated heterocycles. The molecule has 4 heteroatoms. The van der Waals surface area contributed by atoms with Crippen molar-refractivity contribution in [3.63, 3.8) is 0 Å². The van der Waals surface area contributed by atoms with Gasteiger partial charge in [0.05, 0.1) is 17.9 Å². The van der Waals surface area contributed by atoms with Gasteiger partial charge in [-0.2, -0.15) is 5.26 Å². The van der Waals surface area contributed by atoms with Crippen LogP contribution in [0.2, 0.25) is 0 Å². The van der Waals surface area contributed by atoms with Gasteiger partial charge in [0.25, 0.3) is 0 Å². The van der Waals surface area contributed by atoms with Gasteiger partial charge in [0.1, 0.15) is 0 Å². The molecule has 102 valence electrons. The third-order valence-electron chi connectivity index (χ3n) is 3.71. The first kappa shape index (κ1) is 15.0. The summed E-state index contributed by atoms with van der Waals surface area (Å²) in [6.07, 6.45) is 5.40. The highest BCUT2D eigenvalue weighted by molar-refractivity contribution is 5.67. The van der Waals surface area contributed by atoms with Crippen LogP contribution in [0.25, 0.3) is 0 Å². The highest BCUT2D eigenvalue weighted by Gasteiger charge is 2.26. The van der Waals surface area contributed by atoms with Crippen molar-refractivity contribution >= 4 is 5.97 Å². The molecule has 1 fully saturated rings. The van der Waals surface area contributed by atoms with Crippen LogP contribution in [0.5, 0.6) is 0 Å². The van der Waals surface area contributed by atoms with Gasteiger partial charge in [-0.3, -0.25) is 9.69 Å². The molecule has 18 heavy (non-hydrogen) atoms. The second kappa shape index (κ2) is 6.75. The molecule has 0 saturated carbocycles. The van der Waals surface area contributed by atoms with E-state index in [1.807, 2.05) is 13.8 Å². The van der Waals surface area contributed by atoms with Crippen molar-refractivity contribution in [3.8, 4) is 6.07 Å². The van der Waals surface area contributed by atoms with E-state index in [9.17, 15) is 4.79 Å². The molecule has 0 aromatic heterocycles. The number of hydrogen-bond donors (Lipinski definition) is 1. The van der Waals surface area contributed by atoms with Crippen LogP contribution in [0.1, 0.15) is 52.4 Å². The maximum absolute atomic E-state index is 10.7. The molecule has 1 atom stereocenters. The summed E-state index contributed by atoms with van der Waals surface area (Å²) in [6.45, 7) is 5.94. The number of carbonyl (C=O) groups is 1. The Kier molecular flexibility index (Phi) is 5.61. The molecule has 1 N–H and O–H groups in total. The number of carboxylic acids is 1. The van der Waals surface area contributed by atoms with Gasteiger partial charge in [-0.1, -0.05) is 6.42 Å². The maximum Gasteiger partial charge on any atom is 0.304 e. The van der Waals surface area contributed by atoms with Gasteiger partial charge < -0.3 is 5.11 Å². The van der Waals surface area contributed by atoms with Crippen LogP contribution in [-0.2, 0) is 4.79 Å². The molecule has 0 radical (unpaired) electrons. The zero-order valence-corrected chi connectivity index (χ0v) is 11.5. The smallest absolute Gasteiger partial charge is 0.304 e. The summed E-state index contributed by atoms with van der Waals surface area (Å²) in [4.78, 5) is 13.0. The maximum atomic E-state index is 10.7. The van der Waals surface area contributed by atoms with Gasteiger partial charge in [0, 0.05) is 6.04 Å². The monoisotopic (exact) mass is 252 g/mol. The number of hydrogen-bond acceptors (Lipinski definition) is 3. The fourth-order valence-corrected chi connectivity index (χ4v) is 2.56. The van der Waals surface area contributed by atoms with Gasteiger partial charge in [-0.05, 0) is 52.6 Å². The first-order valence-corrected chi connectivity index (χ1v) is 6.82. The number of nitrogens with zero attached hydrogens (tertiary/aromatic N) is 2. The summed E-state index contributed by atoms with van der Waals surface area (Å²) in [5, 5.41) is 17.8. The molecule has 0 spiro atoms. The molecule has 1 rings (SSSR count). The molecular weight excluding hydrogens is 228 g/mol. The topological polar surface area (TPSA) is 64.3 Å². The van der Waals surface area contributed by atoms with Crippen molar-refractivity contribution in [2.45, 2.75) is 58.4 Å². The summed E-state index contributed by atoms with van der Waals surface area (Å²) in [5.41, 5.74) is -0.231. The normalized spacial score (nSPS) is 20.8. The second-order valence-corrected chi connectivity index (χ2v) is 5.88. The van der Waals surface area contributed by atoms with Gasteiger partial charge in [0.2, 0.25) is 0 Å². The number of aliphatic carboxylic acids is 1. The summed E-state index contributed by atoms with van der Waals surface area (Å²) in [6, 6.07) is 2.54. The quantitative estimate of drug-likeness (QED) is 0.707. The molecule has 0 aromatic carbocycles. The van der Waals surface area contributed by atoms with Crippen molar-refractivity contribution in [3.05, 3.63) is 0 Å². The molecule has 1 aliphatic rings. The lowest BCUT2D eigenvalue weighted by molar-refractivity contribution is -0.138. The molecule has 0 amide bonds. The van der Waals surface area contributed by atoms with Gasteiger partial charge in [-0.15, -0.1) is 0 Å². The van der Waals surface area contributed by atoms with Gasteiger partial charge >= 0.3 is 5.97 Å². The summed E-state index contributed by atoms with van der Waals surface area (Å²) in [7, 11) is 0. The first-order valence-electron chi connectivity index (χ1n) is 6.82. The van der Waals surface area contributed by atoms with Crippen molar-refractivity contribution in [2.75, 3.05) is 13.1 Å². The van der Waals surface area contributed by atoms with E-state index in [0.717, 1.165) is 45.2 Å². The summed E-state index contributed by atoms with van der Waals surface area (Å²) >= 11 is 0. The zero-order valence-electron chi connectivity index (χ0n) is 11.5. The molecule has 0 aliphatic carbocycles. The van der Waals surface area contributed by atoms with Crippen molar-refractivity contribution in [2.24, 2.45) is 5.41 Å². The number of rotatable bonds is 7. The fourth-order valence-electron chi connectivity index (χ4n) is 2.56. The molecule has 4 nitrogen and oxygen atoms in total. The average Bonchev–Trinajstić information content (AvgIpc) is 2.71. The molecule has 1 aliphatic heterocycles. The van der Waals surface area contributed by atoms with Crippen molar-refractivity contribution in [1.29, 1.82) is 5.26 Å². The summed E-state index contributed by atoms with van der Waals surface area (Å²) in [5.74, 6) is -0.697. The van der Waals surface area contributed by atoms with E-state index < -0.39 is 5.97 Å². The van der Waals surface area contributed by atoms with Crippen LogP contribution in [-0.4, -0.2) is 35.1 Å². The second-order valence-electron chi connectivity index (χ2n) is 5.88. The number of nitriles is 1. The highest BCUT2D eigenvalue weighted by Crippen LogP contribution is 2.24.